The number of aliphatic carboxylic acids is 2. The Kier molecular flexibility index (Phi) is 7.96. The standard InChI is InChI=1S/C20H22N6O10S2/c1-8(28)35-4-9-5-38-20(22-7-27)13(15(30)26(20)12(9)16(31)32)24-14(29)11(10-6-37-18(21)23-10)25-36-19(2,3)17(33)34/h6-7,13H,4-5H2,1-3H3,(H2,21,23)(H,22,27)(H,24,29)(H,31,32)(H,33,34)/b25-11-/t13-,20?/m0/s1. The number of nitrogens with zero attached hydrogens (tertiary/aromatic N) is 3. The summed E-state index contributed by atoms with van der Waals surface area (Å²) in [5.41, 5.74) is 2.78. The second kappa shape index (κ2) is 10.7. The average molecular weight is 571 g/mol. The van der Waals surface area contributed by atoms with Crippen LogP contribution in [0.1, 0.15) is 26.5 Å². The first-order chi connectivity index (χ1) is 17.7. The molecule has 1 aromatic heterocycles. The Morgan fingerprint density at radius 1 is 1.37 bits per heavy atom. The Balaban J connectivity index is 1.96. The summed E-state index contributed by atoms with van der Waals surface area (Å²) < 4.78 is 4.88. The minimum Gasteiger partial charge on any atom is -0.478 e. The first kappa shape index (κ1) is 28.4. The molecule has 1 aromatic rings. The van der Waals surface area contributed by atoms with Crippen LogP contribution < -0.4 is 16.4 Å². The van der Waals surface area contributed by atoms with Gasteiger partial charge in [-0.3, -0.25) is 24.1 Å². The molecule has 3 heterocycles. The van der Waals surface area contributed by atoms with Gasteiger partial charge in [-0.15, -0.1) is 23.1 Å². The first-order valence-electron chi connectivity index (χ1n) is 10.5. The molecule has 16 nitrogen and oxygen atoms in total. The van der Waals surface area contributed by atoms with Crippen LogP contribution in [0, 0.1) is 0 Å². The summed E-state index contributed by atoms with van der Waals surface area (Å²) in [6.45, 7) is 3.10. The summed E-state index contributed by atoms with van der Waals surface area (Å²) in [5.74, 6) is -5.60. The number of β-lactam (4-membered cyclic amide) rings is 1. The molecule has 0 radical (unpaired) electrons. The lowest BCUT2D eigenvalue weighted by atomic mass is 9.97. The highest BCUT2D eigenvalue weighted by Gasteiger charge is 2.66. The molecule has 6 N–H and O–H groups in total. The number of hydrogen-bond donors (Lipinski definition) is 5. The zero-order valence-electron chi connectivity index (χ0n) is 20.0. The van der Waals surface area contributed by atoms with E-state index in [9.17, 15) is 39.0 Å². The number of carboxylic acid groups (broad SMARTS) is 2. The number of thiazole rings is 1. The number of amides is 3. The van der Waals surface area contributed by atoms with E-state index < -0.39 is 64.4 Å². The lowest BCUT2D eigenvalue weighted by Gasteiger charge is -2.57. The fourth-order valence-corrected chi connectivity index (χ4v) is 5.28. The number of carboxylic acids is 2. The summed E-state index contributed by atoms with van der Waals surface area (Å²) in [6, 6.07) is -1.48. The van der Waals surface area contributed by atoms with Gasteiger partial charge in [0, 0.05) is 23.6 Å². The normalized spacial score (nSPS) is 21.1. The zero-order valence-corrected chi connectivity index (χ0v) is 21.7. The summed E-state index contributed by atoms with van der Waals surface area (Å²) in [7, 11) is 0. The van der Waals surface area contributed by atoms with Crippen LogP contribution in [0.15, 0.2) is 21.8 Å². The Bertz CT molecular complexity index is 1270. The van der Waals surface area contributed by atoms with E-state index in [1.54, 1.807) is 0 Å². The van der Waals surface area contributed by atoms with Crippen molar-refractivity contribution in [2.75, 3.05) is 18.1 Å². The molecule has 18 heteroatoms. The van der Waals surface area contributed by atoms with Gasteiger partial charge >= 0.3 is 17.9 Å². The quantitative estimate of drug-likeness (QED) is 0.0683. The number of esters is 1. The molecule has 38 heavy (non-hydrogen) atoms. The van der Waals surface area contributed by atoms with Gasteiger partial charge in [0.2, 0.25) is 12.0 Å². The summed E-state index contributed by atoms with van der Waals surface area (Å²) in [4.78, 5) is 80.5. The van der Waals surface area contributed by atoms with E-state index in [0.717, 1.165) is 34.9 Å². The van der Waals surface area contributed by atoms with E-state index in [-0.39, 0.29) is 28.6 Å². The van der Waals surface area contributed by atoms with E-state index >= 15 is 0 Å². The zero-order chi connectivity index (χ0) is 28.4. The summed E-state index contributed by atoms with van der Waals surface area (Å²) in [6.07, 6.45) is 0.233. The largest absolute Gasteiger partial charge is 0.478 e. The number of anilines is 1. The van der Waals surface area contributed by atoms with E-state index in [4.69, 9.17) is 15.3 Å². The van der Waals surface area contributed by atoms with E-state index in [2.05, 4.69) is 20.8 Å². The van der Waals surface area contributed by atoms with Crippen molar-refractivity contribution in [3.63, 3.8) is 0 Å². The lowest BCUT2D eigenvalue weighted by Crippen LogP contribution is -2.83. The van der Waals surface area contributed by atoms with Crippen molar-refractivity contribution >= 4 is 70.1 Å². The highest BCUT2D eigenvalue weighted by atomic mass is 32.2. The van der Waals surface area contributed by atoms with E-state index in [0.29, 0.717) is 0 Å². The molecule has 2 aliphatic heterocycles. The van der Waals surface area contributed by atoms with Crippen LogP contribution in [0.3, 0.4) is 0 Å². The molecular formula is C20H22N6O10S2. The van der Waals surface area contributed by atoms with Crippen LogP contribution in [0.2, 0.25) is 0 Å². The van der Waals surface area contributed by atoms with E-state index in [1.807, 2.05) is 0 Å². The van der Waals surface area contributed by atoms with Crippen LogP contribution in [-0.2, 0) is 38.3 Å². The number of ether oxygens (including phenoxy) is 1. The van der Waals surface area contributed by atoms with Gasteiger partial charge in [-0.2, -0.15) is 0 Å². The molecule has 1 unspecified atom stereocenters. The fourth-order valence-electron chi connectivity index (χ4n) is 3.35. The predicted octanol–water partition coefficient (Wildman–Crippen LogP) is -1.32. The molecule has 0 aliphatic carbocycles. The number of nitrogen functional groups attached to an aromatic ring is 1. The Hall–Kier alpha value is -4.19. The molecule has 1 fully saturated rings. The van der Waals surface area contributed by atoms with Crippen LogP contribution in [-0.4, -0.2) is 90.9 Å². The first-order valence-corrected chi connectivity index (χ1v) is 12.4. The van der Waals surface area contributed by atoms with Crippen molar-refractivity contribution in [2.24, 2.45) is 5.16 Å². The summed E-state index contributed by atoms with van der Waals surface area (Å²) >= 11 is 1.86. The number of oxime groups is 1. The topological polar surface area (TPSA) is 240 Å². The van der Waals surface area contributed by atoms with Crippen LogP contribution >= 0.6 is 23.1 Å². The maximum Gasteiger partial charge on any atom is 0.352 e. The third-order valence-electron chi connectivity index (χ3n) is 5.27. The molecule has 0 aromatic carbocycles. The molecule has 3 amide bonds. The van der Waals surface area contributed by atoms with Crippen LogP contribution in [0.4, 0.5) is 5.13 Å². The van der Waals surface area contributed by atoms with Gasteiger partial charge < -0.3 is 36.2 Å². The van der Waals surface area contributed by atoms with Gasteiger partial charge in [0.25, 0.3) is 11.8 Å². The van der Waals surface area contributed by atoms with Gasteiger partial charge in [-0.25, -0.2) is 14.6 Å². The van der Waals surface area contributed by atoms with Gasteiger partial charge in [0.15, 0.2) is 21.9 Å². The monoisotopic (exact) mass is 570 g/mol. The van der Waals surface area contributed by atoms with Crippen LogP contribution in [0.25, 0.3) is 0 Å². The summed E-state index contributed by atoms with van der Waals surface area (Å²) in [5, 5.41) is 28.9. The number of thioether (sulfide) groups is 1. The third kappa shape index (κ3) is 5.25. The number of carbonyl (C=O) groups is 6. The third-order valence-corrected chi connectivity index (χ3v) is 7.41. The molecule has 2 aliphatic rings. The second-order valence-electron chi connectivity index (χ2n) is 8.28. The molecule has 1 saturated heterocycles. The Morgan fingerprint density at radius 3 is 2.58 bits per heavy atom. The maximum absolute atomic E-state index is 13.2. The smallest absolute Gasteiger partial charge is 0.352 e. The van der Waals surface area contributed by atoms with Gasteiger partial charge in [-0.1, -0.05) is 5.16 Å². The van der Waals surface area contributed by atoms with Crippen molar-refractivity contribution in [3.05, 3.63) is 22.3 Å². The Morgan fingerprint density at radius 2 is 2.05 bits per heavy atom. The predicted molar refractivity (Wildman–Crippen MR) is 130 cm³/mol. The number of rotatable bonds is 11. The molecule has 2 atom stereocenters. The number of carbonyl (C=O) groups excluding carboxylic acids is 4. The molecular weight excluding hydrogens is 548 g/mol. The highest BCUT2D eigenvalue weighted by Crippen LogP contribution is 2.47. The molecule has 3 rings (SSSR count). The number of nitrogens with two attached hydrogens (primary N) is 1. The van der Waals surface area contributed by atoms with Crippen molar-refractivity contribution < 1.29 is 48.6 Å². The number of nitrogens with one attached hydrogen (secondary N) is 2. The maximum atomic E-state index is 13.2. The number of hydrogen-bond acceptors (Lipinski definition) is 13. The van der Waals surface area contributed by atoms with Crippen molar-refractivity contribution in [1.29, 1.82) is 0 Å². The lowest BCUT2D eigenvalue weighted by molar-refractivity contribution is -0.161. The van der Waals surface area contributed by atoms with E-state index in [1.165, 1.54) is 19.2 Å². The highest BCUT2D eigenvalue weighted by molar-refractivity contribution is 8.01. The SMILES string of the molecule is CC(=O)OCC1=C(C(=O)O)N2C(=O)[C@H](NC(=O)/C(=N\OC(C)(C)C(=O)O)c3csc(N)n3)C2(NC=O)SC1. The number of aromatic nitrogens is 1. The fraction of sp³-hybridized carbons (Fsp3) is 0.400. The number of fused-ring (bicyclic) bond motifs is 1. The van der Waals surface area contributed by atoms with Gasteiger partial charge in [0.1, 0.15) is 18.0 Å². The van der Waals surface area contributed by atoms with Gasteiger partial charge in [0.05, 0.1) is 0 Å². The average Bonchev–Trinajstić information content (AvgIpc) is 3.26. The van der Waals surface area contributed by atoms with Crippen molar-refractivity contribution in [2.45, 2.75) is 37.4 Å². The van der Waals surface area contributed by atoms with Crippen molar-refractivity contribution in [3.8, 4) is 0 Å². The van der Waals surface area contributed by atoms with Crippen molar-refractivity contribution in [1.82, 2.24) is 20.5 Å². The van der Waals surface area contributed by atoms with Gasteiger partial charge in [-0.05, 0) is 13.8 Å². The van der Waals surface area contributed by atoms with Crippen LogP contribution in [0.5, 0.6) is 0 Å². The molecule has 0 saturated carbocycles. The minimum absolute atomic E-state index is 0.0577. The second-order valence-corrected chi connectivity index (χ2v) is 10.4. The Labute approximate surface area is 222 Å². The minimum atomic E-state index is -1.84. The molecule has 204 valence electrons. The molecule has 0 spiro atoms. The molecule has 0 bridgehead atoms.